The number of rotatable bonds is 2. The van der Waals surface area contributed by atoms with E-state index in [1.807, 2.05) is 6.92 Å². The summed E-state index contributed by atoms with van der Waals surface area (Å²) in [4.78, 5) is 19.0. The van der Waals surface area contributed by atoms with Gasteiger partial charge in [0.25, 0.3) is 0 Å². The third-order valence-electron chi connectivity index (χ3n) is 5.72. The normalized spacial score (nSPS) is 22.2. The van der Waals surface area contributed by atoms with E-state index >= 15 is 0 Å². The Balaban J connectivity index is 1.90. The molecule has 27 heavy (non-hydrogen) atoms. The van der Waals surface area contributed by atoms with E-state index in [2.05, 4.69) is 16.0 Å². The maximum absolute atomic E-state index is 14.8. The molecular formula is C19H20ClFN4O2. The topological polar surface area (TPSA) is 83.4 Å². The Morgan fingerprint density at radius 3 is 2.96 bits per heavy atom. The van der Waals surface area contributed by atoms with Gasteiger partial charge in [0.2, 0.25) is 5.91 Å². The molecule has 0 saturated carbocycles. The third kappa shape index (κ3) is 2.75. The van der Waals surface area contributed by atoms with Crippen molar-refractivity contribution >= 4 is 34.1 Å². The lowest BCUT2D eigenvalue weighted by molar-refractivity contribution is -0.136. The van der Waals surface area contributed by atoms with Gasteiger partial charge < -0.3 is 19.9 Å². The number of aromatic amines is 1. The first-order chi connectivity index (χ1) is 13.0. The number of anilines is 1. The van der Waals surface area contributed by atoms with Gasteiger partial charge in [-0.15, -0.1) is 0 Å². The van der Waals surface area contributed by atoms with Gasteiger partial charge in [0, 0.05) is 48.4 Å². The Labute approximate surface area is 161 Å². The zero-order valence-electron chi connectivity index (χ0n) is 14.9. The Bertz CT molecular complexity index is 967. The number of halogens is 2. The van der Waals surface area contributed by atoms with Gasteiger partial charge in [-0.3, -0.25) is 4.79 Å². The van der Waals surface area contributed by atoms with Crippen LogP contribution in [0.25, 0.3) is 10.9 Å². The highest BCUT2D eigenvalue weighted by atomic mass is 35.5. The van der Waals surface area contributed by atoms with Crippen LogP contribution in [0.1, 0.15) is 30.6 Å². The number of nitrogens with zero attached hydrogens (tertiary/aromatic N) is 3. The van der Waals surface area contributed by atoms with E-state index in [1.165, 1.54) is 0 Å². The van der Waals surface area contributed by atoms with Crippen molar-refractivity contribution in [2.24, 2.45) is 5.92 Å². The molecule has 3 heterocycles. The van der Waals surface area contributed by atoms with Crippen LogP contribution in [-0.4, -0.2) is 47.1 Å². The van der Waals surface area contributed by atoms with E-state index in [0.717, 1.165) is 23.4 Å². The van der Waals surface area contributed by atoms with Gasteiger partial charge in [-0.25, -0.2) is 4.39 Å². The lowest BCUT2D eigenvalue weighted by Crippen LogP contribution is -2.40. The van der Waals surface area contributed by atoms with Gasteiger partial charge in [0.05, 0.1) is 28.6 Å². The van der Waals surface area contributed by atoms with Gasteiger partial charge in [0.15, 0.2) is 5.82 Å². The molecule has 0 radical (unpaired) electrons. The summed E-state index contributed by atoms with van der Waals surface area (Å²) in [7, 11) is 0. The number of nitriles is 1. The van der Waals surface area contributed by atoms with Gasteiger partial charge in [-0.1, -0.05) is 11.6 Å². The molecule has 1 unspecified atom stereocenters. The quantitative estimate of drug-likeness (QED) is 0.825. The molecule has 1 aromatic heterocycles. The van der Waals surface area contributed by atoms with E-state index in [-0.39, 0.29) is 22.9 Å². The van der Waals surface area contributed by atoms with E-state index < -0.39 is 12.4 Å². The van der Waals surface area contributed by atoms with Crippen molar-refractivity contribution in [1.29, 1.82) is 5.26 Å². The fraction of sp³-hybridized carbons (Fsp3) is 0.474. The monoisotopic (exact) mass is 390 g/mol. The van der Waals surface area contributed by atoms with Gasteiger partial charge in [-0.05, 0) is 19.4 Å². The van der Waals surface area contributed by atoms with Crippen molar-refractivity contribution < 1.29 is 14.3 Å². The lowest BCUT2D eigenvalue weighted by atomic mass is 9.95. The first kappa shape index (κ1) is 18.1. The maximum Gasteiger partial charge on any atom is 0.248 e. The van der Waals surface area contributed by atoms with Crippen LogP contribution >= 0.6 is 11.6 Å². The Hall–Kier alpha value is -2.30. The second-order valence-corrected chi connectivity index (χ2v) is 7.60. The summed E-state index contributed by atoms with van der Waals surface area (Å²) in [6, 6.07) is 3.62. The molecule has 1 saturated heterocycles. The number of carbonyl (C=O) groups excluding carboxylic acids is 1. The van der Waals surface area contributed by atoms with E-state index in [0.29, 0.717) is 37.0 Å². The lowest BCUT2D eigenvalue weighted by Gasteiger charge is -2.34. The second-order valence-electron chi connectivity index (χ2n) is 7.19. The summed E-state index contributed by atoms with van der Waals surface area (Å²) in [6.07, 6.45) is 1.31. The first-order valence-corrected chi connectivity index (χ1v) is 9.41. The predicted octanol–water partition coefficient (Wildman–Crippen LogP) is 2.75. The average Bonchev–Trinajstić information content (AvgIpc) is 3.29. The van der Waals surface area contributed by atoms with Crippen LogP contribution in [0.15, 0.2) is 6.07 Å². The van der Waals surface area contributed by atoms with Gasteiger partial charge >= 0.3 is 0 Å². The SMILES string of the molecule is C[C@H]1c2c([nH]c3c(F)c(Cl)cc(N4CCC(C#N)C4)c23)CCN1C(=O)CO. The maximum atomic E-state index is 14.8. The van der Waals surface area contributed by atoms with Gasteiger partial charge in [-0.2, -0.15) is 5.26 Å². The number of nitrogens with one attached hydrogen (secondary N) is 1. The summed E-state index contributed by atoms with van der Waals surface area (Å²) in [5, 5.41) is 19.2. The molecule has 0 aliphatic carbocycles. The number of aliphatic hydroxyl groups excluding tert-OH is 1. The largest absolute Gasteiger partial charge is 0.387 e. The minimum absolute atomic E-state index is 0.0347. The molecule has 0 bridgehead atoms. The van der Waals surface area contributed by atoms with Gasteiger partial charge in [0.1, 0.15) is 6.61 Å². The minimum atomic E-state index is -0.551. The Morgan fingerprint density at radius 1 is 1.52 bits per heavy atom. The number of aliphatic hydroxyl groups is 1. The number of aromatic nitrogens is 1. The van der Waals surface area contributed by atoms with Crippen molar-refractivity contribution in [2.45, 2.75) is 25.8 Å². The minimum Gasteiger partial charge on any atom is -0.387 e. The molecule has 2 aromatic rings. The summed E-state index contributed by atoms with van der Waals surface area (Å²) in [6.45, 7) is 3.07. The molecule has 6 nitrogen and oxygen atoms in total. The first-order valence-electron chi connectivity index (χ1n) is 9.03. The van der Waals surface area contributed by atoms with E-state index in [1.54, 1.807) is 11.0 Å². The van der Waals surface area contributed by atoms with E-state index in [9.17, 15) is 19.6 Å². The van der Waals surface area contributed by atoms with E-state index in [4.69, 9.17) is 11.6 Å². The second kappa shape index (κ2) is 6.70. The van der Waals surface area contributed by atoms with Crippen LogP contribution < -0.4 is 4.90 Å². The van der Waals surface area contributed by atoms with Crippen molar-refractivity contribution in [3.8, 4) is 6.07 Å². The average molecular weight is 391 g/mol. The van der Waals surface area contributed by atoms with Crippen LogP contribution in [0.2, 0.25) is 5.02 Å². The molecule has 1 fully saturated rings. The number of H-pyrrole nitrogens is 1. The molecule has 1 amide bonds. The highest BCUT2D eigenvalue weighted by Gasteiger charge is 2.34. The molecule has 2 aliphatic rings. The summed E-state index contributed by atoms with van der Waals surface area (Å²) in [5.74, 6) is -0.916. The standard InChI is InChI=1S/C19H20ClFN4O2/c1-10-16-13(3-5-25(10)15(27)9-26)23-19-17(16)14(6-12(20)18(19)21)24-4-2-11(7-22)8-24/h6,10-11,23,26H,2-5,8-9H2,1H3/t10-,11?/m0/s1. The van der Waals surface area contributed by atoms with Crippen molar-refractivity contribution in [3.05, 3.63) is 28.2 Å². The molecular weight excluding hydrogens is 371 g/mol. The Morgan fingerprint density at radius 2 is 2.30 bits per heavy atom. The fourth-order valence-corrected chi connectivity index (χ4v) is 4.58. The van der Waals surface area contributed by atoms with Crippen LogP contribution in [0.4, 0.5) is 10.1 Å². The summed E-state index contributed by atoms with van der Waals surface area (Å²) >= 11 is 6.16. The Kier molecular flexibility index (Phi) is 4.49. The predicted molar refractivity (Wildman–Crippen MR) is 100 cm³/mol. The molecule has 2 N–H and O–H groups in total. The molecule has 142 valence electrons. The number of hydrogen-bond donors (Lipinski definition) is 2. The number of benzene rings is 1. The number of fused-ring (bicyclic) bond motifs is 3. The highest BCUT2D eigenvalue weighted by Crippen LogP contribution is 2.44. The van der Waals surface area contributed by atoms with Crippen LogP contribution in [0.5, 0.6) is 0 Å². The number of carbonyl (C=O) groups is 1. The van der Waals surface area contributed by atoms with Crippen LogP contribution in [0.3, 0.4) is 0 Å². The molecule has 4 rings (SSSR count). The van der Waals surface area contributed by atoms with Crippen molar-refractivity contribution in [2.75, 3.05) is 31.1 Å². The van der Waals surface area contributed by atoms with Crippen LogP contribution in [0, 0.1) is 23.1 Å². The zero-order valence-corrected chi connectivity index (χ0v) is 15.7. The smallest absolute Gasteiger partial charge is 0.248 e. The summed E-state index contributed by atoms with van der Waals surface area (Å²) in [5.41, 5.74) is 2.88. The summed E-state index contributed by atoms with van der Waals surface area (Å²) < 4.78 is 14.8. The fourth-order valence-electron chi connectivity index (χ4n) is 4.38. The molecule has 2 atom stereocenters. The molecule has 8 heteroatoms. The third-order valence-corrected chi connectivity index (χ3v) is 6.00. The zero-order chi connectivity index (χ0) is 19.3. The number of hydrogen-bond acceptors (Lipinski definition) is 4. The highest BCUT2D eigenvalue weighted by molar-refractivity contribution is 6.32. The van der Waals surface area contributed by atoms with Crippen molar-refractivity contribution in [3.63, 3.8) is 0 Å². The van der Waals surface area contributed by atoms with Crippen LogP contribution in [-0.2, 0) is 11.2 Å². The molecule has 0 spiro atoms. The van der Waals surface area contributed by atoms with Crippen molar-refractivity contribution in [1.82, 2.24) is 9.88 Å². The molecule has 1 aromatic carbocycles. The number of amides is 1. The molecule has 2 aliphatic heterocycles.